The summed E-state index contributed by atoms with van der Waals surface area (Å²) in [5.41, 5.74) is 4.48. The first kappa shape index (κ1) is 17.7. The zero-order valence-corrected chi connectivity index (χ0v) is 15.1. The van der Waals surface area contributed by atoms with Gasteiger partial charge in [-0.3, -0.25) is 4.79 Å². The summed E-state index contributed by atoms with van der Waals surface area (Å²) in [6.45, 7) is 5.01. The van der Waals surface area contributed by atoms with Crippen LogP contribution in [0.15, 0.2) is 72.9 Å². The third kappa shape index (κ3) is 4.70. The third-order valence-electron chi connectivity index (χ3n) is 4.17. The van der Waals surface area contributed by atoms with Crippen LogP contribution in [0.1, 0.15) is 41.4 Å². The highest BCUT2D eigenvalue weighted by molar-refractivity contribution is 6.02. The molecule has 1 amide bonds. The molecular weight excluding hydrogens is 322 g/mol. The normalized spacial score (nSPS) is 10.6. The van der Waals surface area contributed by atoms with Gasteiger partial charge >= 0.3 is 0 Å². The molecule has 3 rings (SSSR count). The Kier molecular flexibility index (Phi) is 5.64. The molecule has 1 heterocycles. The average Bonchev–Trinajstić information content (AvgIpc) is 2.68. The number of nitrogens with one attached hydrogen (secondary N) is 2. The number of carbonyl (C=O) groups excluding carboxylic acids is 1. The van der Waals surface area contributed by atoms with Crippen LogP contribution in [0.2, 0.25) is 0 Å². The summed E-state index contributed by atoms with van der Waals surface area (Å²) < 4.78 is 0. The first-order chi connectivity index (χ1) is 12.6. The fraction of sp³-hybridized carbons (Fsp3) is 0.182. The Hall–Kier alpha value is -3.14. The Morgan fingerprint density at radius 2 is 1.62 bits per heavy atom. The molecule has 0 aliphatic heterocycles. The molecule has 0 atom stereocenters. The van der Waals surface area contributed by atoms with Crippen molar-refractivity contribution in [3.63, 3.8) is 0 Å². The van der Waals surface area contributed by atoms with Gasteiger partial charge in [0.05, 0.1) is 11.9 Å². The smallest absolute Gasteiger partial charge is 0.274 e. The number of pyridine rings is 1. The minimum Gasteiger partial charge on any atom is -0.380 e. The van der Waals surface area contributed by atoms with Gasteiger partial charge in [-0.05, 0) is 41.3 Å². The summed E-state index contributed by atoms with van der Waals surface area (Å²) in [5, 5.41) is 6.18. The molecule has 1 aromatic heterocycles. The van der Waals surface area contributed by atoms with E-state index in [4.69, 9.17) is 0 Å². The summed E-state index contributed by atoms with van der Waals surface area (Å²) in [6.07, 6.45) is 1.68. The number of amides is 1. The Balaban J connectivity index is 1.58. The van der Waals surface area contributed by atoms with Crippen LogP contribution in [-0.2, 0) is 6.54 Å². The van der Waals surface area contributed by atoms with E-state index >= 15 is 0 Å². The van der Waals surface area contributed by atoms with Crippen LogP contribution in [0.25, 0.3) is 0 Å². The number of carbonyl (C=O) groups is 1. The molecule has 4 heteroatoms. The van der Waals surface area contributed by atoms with Crippen molar-refractivity contribution in [3.8, 4) is 0 Å². The van der Waals surface area contributed by atoms with Crippen molar-refractivity contribution in [3.05, 3.63) is 89.7 Å². The number of hydrogen-bond donors (Lipinski definition) is 2. The summed E-state index contributed by atoms with van der Waals surface area (Å²) in [5.74, 6) is 0.259. The Labute approximate surface area is 154 Å². The van der Waals surface area contributed by atoms with Gasteiger partial charge in [0.1, 0.15) is 5.69 Å². The standard InChI is InChI=1S/C22H23N3O/c1-16(2)18-8-10-19(11-9-18)25-22(26)21-13-12-20(15-24-21)23-14-17-6-4-3-5-7-17/h3-13,15-16,23H,14H2,1-2H3,(H,25,26). The second-order valence-electron chi connectivity index (χ2n) is 6.50. The Bertz CT molecular complexity index is 841. The van der Waals surface area contributed by atoms with E-state index in [1.807, 2.05) is 48.5 Å². The van der Waals surface area contributed by atoms with Gasteiger partial charge in [0.25, 0.3) is 5.91 Å². The molecule has 0 saturated carbocycles. The van der Waals surface area contributed by atoms with Crippen molar-refractivity contribution >= 4 is 17.3 Å². The number of benzene rings is 2. The Morgan fingerprint density at radius 3 is 2.23 bits per heavy atom. The molecule has 2 aromatic carbocycles. The number of aromatic nitrogens is 1. The minimum atomic E-state index is -0.211. The SMILES string of the molecule is CC(C)c1ccc(NC(=O)c2ccc(NCc3ccccc3)cn2)cc1. The number of rotatable bonds is 6. The lowest BCUT2D eigenvalue weighted by Crippen LogP contribution is -2.13. The fourth-order valence-electron chi connectivity index (χ4n) is 2.58. The largest absolute Gasteiger partial charge is 0.380 e. The maximum atomic E-state index is 12.3. The van der Waals surface area contributed by atoms with Gasteiger partial charge in [-0.1, -0.05) is 56.3 Å². The molecule has 3 aromatic rings. The van der Waals surface area contributed by atoms with E-state index in [-0.39, 0.29) is 5.91 Å². The van der Waals surface area contributed by atoms with Crippen LogP contribution in [0.4, 0.5) is 11.4 Å². The van der Waals surface area contributed by atoms with Crippen molar-refractivity contribution in [1.82, 2.24) is 4.98 Å². The lowest BCUT2D eigenvalue weighted by atomic mass is 10.0. The summed E-state index contributed by atoms with van der Waals surface area (Å²) in [6, 6.07) is 21.6. The topological polar surface area (TPSA) is 54.0 Å². The second kappa shape index (κ2) is 8.30. The average molecular weight is 345 g/mol. The van der Waals surface area contributed by atoms with E-state index in [0.717, 1.165) is 17.9 Å². The fourth-order valence-corrected chi connectivity index (χ4v) is 2.58. The van der Waals surface area contributed by atoms with Crippen LogP contribution >= 0.6 is 0 Å². The number of anilines is 2. The van der Waals surface area contributed by atoms with Crippen molar-refractivity contribution in [2.24, 2.45) is 0 Å². The van der Waals surface area contributed by atoms with E-state index < -0.39 is 0 Å². The maximum Gasteiger partial charge on any atom is 0.274 e. The van der Waals surface area contributed by atoms with Gasteiger partial charge in [0.2, 0.25) is 0 Å². The number of hydrogen-bond acceptors (Lipinski definition) is 3. The van der Waals surface area contributed by atoms with Gasteiger partial charge in [0, 0.05) is 12.2 Å². The van der Waals surface area contributed by atoms with Crippen molar-refractivity contribution in [1.29, 1.82) is 0 Å². The first-order valence-corrected chi connectivity index (χ1v) is 8.77. The van der Waals surface area contributed by atoms with Crippen molar-refractivity contribution in [2.45, 2.75) is 26.3 Å². The molecular formula is C22H23N3O. The van der Waals surface area contributed by atoms with Crippen molar-refractivity contribution < 1.29 is 4.79 Å². The summed E-state index contributed by atoms with van der Waals surface area (Å²) >= 11 is 0. The molecule has 0 aliphatic carbocycles. The van der Waals surface area contributed by atoms with Gasteiger partial charge < -0.3 is 10.6 Å². The predicted molar refractivity (Wildman–Crippen MR) is 106 cm³/mol. The summed E-state index contributed by atoms with van der Waals surface area (Å²) in [4.78, 5) is 16.6. The summed E-state index contributed by atoms with van der Waals surface area (Å²) in [7, 11) is 0. The zero-order valence-electron chi connectivity index (χ0n) is 15.1. The lowest BCUT2D eigenvalue weighted by molar-refractivity contribution is 0.102. The van der Waals surface area contributed by atoms with Crippen LogP contribution in [0.3, 0.4) is 0 Å². The van der Waals surface area contributed by atoms with Gasteiger partial charge in [0.15, 0.2) is 0 Å². The predicted octanol–water partition coefficient (Wildman–Crippen LogP) is 5.07. The van der Waals surface area contributed by atoms with E-state index in [2.05, 4.69) is 41.6 Å². The van der Waals surface area contributed by atoms with Gasteiger partial charge in [-0.25, -0.2) is 4.98 Å². The van der Waals surface area contributed by atoms with Gasteiger partial charge in [-0.15, -0.1) is 0 Å². The highest BCUT2D eigenvalue weighted by Gasteiger charge is 2.08. The highest BCUT2D eigenvalue weighted by Crippen LogP contribution is 2.18. The molecule has 26 heavy (non-hydrogen) atoms. The van der Waals surface area contributed by atoms with E-state index in [1.54, 1.807) is 12.3 Å². The molecule has 132 valence electrons. The number of nitrogens with zero attached hydrogens (tertiary/aromatic N) is 1. The first-order valence-electron chi connectivity index (χ1n) is 8.77. The minimum absolute atomic E-state index is 0.211. The van der Waals surface area contributed by atoms with Crippen molar-refractivity contribution in [2.75, 3.05) is 10.6 Å². The van der Waals surface area contributed by atoms with E-state index in [0.29, 0.717) is 11.6 Å². The molecule has 0 unspecified atom stereocenters. The van der Waals surface area contributed by atoms with E-state index in [1.165, 1.54) is 11.1 Å². The van der Waals surface area contributed by atoms with Crippen LogP contribution in [-0.4, -0.2) is 10.9 Å². The molecule has 0 spiro atoms. The van der Waals surface area contributed by atoms with Gasteiger partial charge in [-0.2, -0.15) is 0 Å². The lowest BCUT2D eigenvalue weighted by Gasteiger charge is -2.09. The molecule has 0 saturated heterocycles. The maximum absolute atomic E-state index is 12.3. The third-order valence-corrected chi connectivity index (χ3v) is 4.17. The highest BCUT2D eigenvalue weighted by atomic mass is 16.1. The van der Waals surface area contributed by atoms with Crippen LogP contribution < -0.4 is 10.6 Å². The molecule has 0 radical (unpaired) electrons. The molecule has 2 N–H and O–H groups in total. The monoisotopic (exact) mass is 345 g/mol. The molecule has 0 aliphatic rings. The van der Waals surface area contributed by atoms with Crippen LogP contribution in [0.5, 0.6) is 0 Å². The molecule has 0 bridgehead atoms. The Morgan fingerprint density at radius 1 is 0.923 bits per heavy atom. The quantitative estimate of drug-likeness (QED) is 0.656. The zero-order chi connectivity index (χ0) is 18.4. The molecule has 4 nitrogen and oxygen atoms in total. The van der Waals surface area contributed by atoms with E-state index in [9.17, 15) is 4.79 Å². The second-order valence-corrected chi connectivity index (χ2v) is 6.50. The molecule has 0 fully saturated rings. The van der Waals surface area contributed by atoms with Crippen LogP contribution in [0, 0.1) is 0 Å².